The highest BCUT2D eigenvalue weighted by Crippen LogP contribution is 2.22. The van der Waals surface area contributed by atoms with Crippen LogP contribution in [-0.2, 0) is 0 Å². The molecule has 0 saturated carbocycles. The van der Waals surface area contributed by atoms with Crippen molar-refractivity contribution < 1.29 is 4.92 Å². The van der Waals surface area contributed by atoms with Gasteiger partial charge in [-0.2, -0.15) is 5.10 Å². The molecule has 2 aromatic rings. The second-order valence-corrected chi connectivity index (χ2v) is 4.00. The standard InChI is InChI=1S/C14H13N3O2/c1-11-6-2-3-7-12(11)10-15-16-13-8-4-5-9-14(13)17(18)19/h2-10,16H,1H3/b15-10+. The highest BCUT2D eigenvalue weighted by atomic mass is 16.6. The number of hydrazone groups is 1. The molecule has 96 valence electrons. The Morgan fingerprint density at radius 1 is 1.16 bits per heavy atom. The van der Waals surface area contributed by atoms with E-state index < -0.39 is 4.92 Å². The van der Waals surface area contributed by atoms with E-state index in [0.29, 0.717) is 5.69 Å². The molecule has 2 rings (SSSR count). The lowest BCUT2D eigenvalue weighted by molar-refractivity contribution is -0.384. The van der Waals surface area contributed by atoms with Crippen LogP contribution in [0.5, 0.6) is 0 Å². The van der Waals surface area contributed by atoms with Crippen molar-refractivity contribution in [2.45, 2.75) is 6.92 Å². The zero-order valence-corrected chi connectivity index (χ0v) is 10.4. The van der Waals surface area contributed by atoms with Crippen LogP contribution in [0, 0.1) is 17.0 Å². The number of nitro groups is 1. The largest absolute Gasteiger partial charge is 0.294 e. The van der Waals surface area contributed by atoms with Crippen molar-refractivity contribution in [1.82, 2.24) is 0 Å². The molecule has 0 heterocycles. The molecule has 0 fully saturated rings. The first-order chi connectivity index (χ1) is 9.18. The topological polar surface area (TPSA) is 67.5 Å². The third-order valence-corrected chi connectivity index (χ3v) is 2.68. The molecule has 0 saturated heterocycles. The van der Waals surface area contributed by atoms with E-state index in [1.807, 2.05) is 31.2 Å². The summed E-state index contributed by atoms with van der Waals surface area (Å²) in [7, 11) is 0. The van der Waals surface area contributed by atoms with Crippen molar-refractivity contribution >= 4 is 17.6 Å². The molecule has 0 aliphatic carbocycles. The van der Waals surface area contributed by atoms with Crippen molar-refractivity contribution in [1.29, 1.82) is 0 Å². The van der Waals surface area contributed by atoms with Gasteiger partial charge >= 0.3 is 0 Å². The minimum absolute atomic E-state index is 0.00411. The van der Waals surface area contributed by atoms with E-state index in [9.17, 15) is 10.1 Å². The van der Waals surface area contributed by atoms with Gasteiger partial charge in [0.1, 0.15) is 5.69 Å². The molecular weight excluding hydrogens is 242 g/mol. The van der Waals surface area contributed by atoms with Gasteiger partial charge in [-0.05, 0) is 24.1 Å². The molecule has 0 unspecified atom stereocenters. The molecule has 0 aromatic heterocycles. The van der Waals surface area contributed by atoms with E-state index in [1.54, 1.807) is 24.4 Å². The normalized spacial score (nSPS) is 10.6. The lowest BCUT2D eigenvalue weighted by atomic mass is 10.1. The van der Waals surface area contributed by atoms with Crippen molar-refractivity contribution in [3.63, 3.8) is 0 Å². The molecular formula is C14H13N3O2. The van der Waals surface area contributed by atoms with Crippen LogP contribution in [0.15, 0.2) is 53.6 Å². The molecule has 0 radical (unpaired) electrons. The smallest absolute Gasteiger partial charge is 0.272 e. The third kappa shape index (κ3) is 3.16. The third-order valence-electron chi connectivity index (χ3n) is 2.68. The lowest BCUT2D eigenvalue weighted by Crippen LogP contribution is -1.97. The Morgan fingerprint density at radius 3 is 2.58 bits per heavy atom. The van der Waals surface area contributed by atoms with Gasteiger partial charge in [-0.25, -0.2) is 0 Å². The zero-order valence-electron chi connectivity index (χ0n) is 10.4. The summed E-state index contributed by atoms with van der Waals surface area (Å²) in [5, 5.41) is 14.9. The number of para-hydroxylation sites is 2. The van der Waals surface area contributed by atoms with Crippen LogP contribution in [0.25, 0.3) is 0 Å². The summed E-state index contributed by atoms with van der Waals surface area (Å²) in [6.07, 6.45) is 1.64. The maximum Gasteiger partial charge on any atom is 0.294 e. The number of benzene rings is 2. The summed E-state index contributed by atoms with van der Waals surface area (Å²) in [6.45, 7) is 1.98. The van der Waals surface area contributed by atoms with E-state index in [2.05, 4.69) is 10.5 Å². The number of aryl methyl sites for hydroxylation is 1. The van der Waals surface area contributed by atoms with E-state index >= 15 is 0 Å². The fraction of sp³-hybridized carbons (Fsp3) is 0.0714. The second kappa shape index (κ2) is 5.77. The molecule has 5 nitrogen and oxygen atoms in total. The number of hydrogen-bond acceptors (Lipinski definition) is 4. The zero-order chi connectivity index (χ0) is 13.7. The van der Waals surface area contributed by atoms with Crippen LogP contribution in [-0.4, -0.2) is 11.1 Å². The summed E-state index contributed by atoms with van der Waals surface area (Å²) in [6, 6.07) is 14.2. The molecule has 0 aliphatic heterocycles. The maximum absolute atomic E-state index is 10.8. The highest BCUT2D eigenvalue weighted by Gasteiger charge is 2.10. The van der Waals surface area contributed by atoms with Crippen LogP contribution in [0.3, 0.4) is 0 Å². The van der Waals surface area contributed by atoms with Gasteiger partial charge in [0.25, 0.3) is 5.69 Å². The molecule has 0 amide bonds. The Balaban J connectivity index is 2.15. The second-order valence-electron chi connectivity index (χ2n) is 4.00. The van der Waals surface area contributed by atoms with Crippen molar-refractivity contribution in [3.05, 3.63) is 69.8 Å². The summed E-state index contributed by atoms with van der Waals surface area (Å²) in [5.41, 5.74) is 5.13. The first-order valence-corrected chi connectivity index (χ1v) is 5.76. The van der Waals surface area contributed by atoms with E-state index in [1.165, 1.54) is 6.07 Å². The molecule has 2 aromatic carbocycles. The van der Waals surface area contributed by atoms with Gasteiger partial charge in [0.05, 0.1) is 11.1 Å². The van der Waals surface area contributed by atoms with Crippen LogP contribution in [0.2, 0.25) is 0 Å². The summed E-state index contributed by atoms with van der Waals surface area (Å²) in [5.74, 6) is 0. The molecule has 0 bridgehead atoms. The first-order valence-electron chi connectivity index (χ1n) is 5.76. The van der Waals surface area contributed by atoms with Gasteiger partial charge in [0, 0.05) is 6.07 Å². The van der Waals surface area contributed by atoms with Crippen LogP contribution >= 0.6 is 0 Å². The average Bonchev–Trinajstić information content (AvgIpc) is 2.41. The van der Waals surface area contributed by atoms with E-state index in [4.69, 9.17) is 0 Å². The van der Waals surface area contributed by atoms with Crippen molar-refractivity contribution in [2.24, 2.45) is 5.10 Å². The van der Waals surface area contributed by atoms with E-state index in [0.717, 1.165) is 11.1 Å². The van der Waals surface area contributed by atoms with Crippen LogP contribution in [0.1, 0.15) is 11.1 Å². The van der Waals surface area contributed by atoms with Crippen molar-refractivity contribution in [2.75, 3.05) is 5.43 Å². The predicted octanol–water partition coefficient (Wildman–Crippen LogP) is 3.35. The highest BCUT2D eigenvalue weighted by molar-refractivity contribution is 5.82. The number of rotatable bonds is 4. The first kappa shape index (κ1) is 12.8. The van der Waals surface area contributed by atoms with Crippen LogP contribution in [0.4, 0.5) is 11.4 Å². The van der Waals surface area contributed by atoms with Gasteiger partial charge in [0.15, 0.2) is 0 Å². The maximum atomic E-state index is 10.8. The Hall–Kier alpha value is -2.69. The van der Waals surface area contributed by atoms with Crippen molar-refractivity contribution in [3.8, 4) is 0 Å². The Kier molecular flexibility index (Phi) is 3.87. The number of anilines is 1. The minimum Gasteiger partial charge on any atom is -0.272 e. The van der Waals surface area contributed by atoms with Gasteiger partial charge < -0.3 is 0 Å². The summed E-state index contributed by atoms with van der Waals surface area (Å²) < 4.78 is 0. The van der Waals surface area contributed by atoms with Gasteiger partial charge in [-0.1, -0.05) is 36.4 Å². The summed E-state index contributed by atoms with van der Waals surface area (Å²) in [4.78, 5) is 10.4. The fourth-order valence-electron chi connectivity index (χ4n) is 1.63. The van der Waals surface area contributed by atoms with Gasteiger partial charge in [-0.3, -0.25) is 15.5 Å². The molecule has 0 atom stereocenters. The summed E-state index contributed by atoms with van der Waals surface area (Å²) >= 11 is 0. The Labute approximate surface area is 110 Å². The van der Waals surface area contributed by atoms with E-state index in [-0.39, 0.29) is 5.69 Å². The number of hydrogen-bond donors (Lipinski definition) is 1. The van der Waals surface area contributed by atoms with Crippen LogP contribution < -0.4 is 5.43 Å². The quantitative estimate of drug-likeness (QED) is 0.517. The molecule has 0 spiro atoms. The molecule has 0 aliphatic rings. The van der Waals surface area contributed by atoms with Gasteiger partial charge in [-0.15, -0.1) is 0 Å². The number of nitrogens with one attached hydrogen (secondary N) is 1. The molecule has 5 heteroatoms. The fourth-order valence-corrected chi connectivity index (χ4v) is 1.63. The molecule has 19 heavy (non-hydrogen) atoms. The average molecular weight is 255 g/mol. The monoisotopic (exact) mass is 255 g/mol. The molecule has 1 N–H and O–H groups in total. The van der Waals surface area contributed by atoms with Gasteiger partial charge in [0.2, 0.25) is 0 Å². The lowest BCUT2D eigenvalue weighted by Gasteiger charge is -2.02. The Morgan fingerprint density at radius 2 is 1.84 bits per heavy atom. The SMILES string of the molecule is Cc1ccccc1/C=N/Nc1ccccc1[N+](=O)[O-]. The number of nitrogens with zero attached hydrogens (tertiary/aromatic N) is 2. The Bertz CT molecular complexity index is 624. The predicted molar refractivity (Wildman–Crippen MR) is 75.5 cm³/mol. The number of nitro benzene ring substituents is 1. The minimum atomic E-state index is -0.439.